The molecule has 1 unspecified atom stereocenters. The minimum Gasteiger partial charge on any atom is -0.355 e. The average molecular weight is 389 g/mol. The first kappa shape index (κ1) is 20.1. The zero-order chi connectivity index (χ0) is 18.9. The third-order valence-electron chi connectivity index (χ3n) is 5.38. The van der Waals surface area contributed by atoms with Crippen molar-refractivity contribution in [1.29, 1.82) is 0 Å². The minimum absolute atomic E-state index is 0.173. The van der Waals surface area contributed by atoms with E-state index in [1.165, 1.54) is 37.9 Å². The van der Waals surface area contributed by atoms with E-state index in [1.54, 1.807) is 7.05 Å². The fourth-order valence-electron chi connectivity index (χ4n) is 3.79. The van der Waals surface area contributed by atoms with Gasteiger partial charge in [0.25, 0.3) is 0 Å². The maximum absolute atomic E-state index is 12.4. The number of rotatable bonds is 6. The van der Waals surface area contributed by atoms with Crippen LogP contribution in [0.1, 0.15) is 50.5 Å². The summed E-state index contributed by atoms with van der Waals surface area (Å²) in [4.78, 5) is 16.8. The van der Waals surface area contributed by atoms with Crippen LogP contribution < -0.4 is 16.0 Å². The highest BCUT2D eigenvalue weighted by Crippen LogP contribution is 2.26. The van der Waals surface area contributed by atoms with Gasteiger partial charge in [0, 0.05) is 37.0 Å². The zero-order valence-electron chi connectivity index (χ0n) is 16.3. The number of anilines is 1. The molecule has 2 fully saturated rings. The van der Waals surface area contributed by atoms with E-state index in [0.29, 0.717) is 11.8 Å². The van der Waals surface area contributed by atoms with E-state index in [0.717, 1.165) is 36.6 Å². The number of hydrogen-bond donors (Lipinski definition) is 3. The van der Waals surface area contributed by atoms with Gasteiger partial charge in [-0.3, -0.25) is 9.79 Å². The molecule has 148 valence electrons. The van der Waals surface area contributed by atoms with Crippen LogP contribution in [0.2, 0.25) is 0 Å². The van der Waals surface area contributed by atoms with Gasteiger partial charge in [0.2, 0.25) is 5.91 Å². The van der Waals surface area contributed by atoms with Crippen LogP contribution in [0, 0.1) is 5.92 Å². The average Bonchev–Trinajstić information content (AvgIpc) is 3.23. The normalized spacial score (nSPS) is 21.1. The highest BCUT2D eigenvalue weighted by atomic mass is 32.2. The Hall–Kier alpha value is -1.69. The molecule has 5 nitrogen and oxygen atoms in total. The standard InChI is InChI=1S/C21H32N4OS/c1-22-21(24-15-19-11-6-12-27-19)23-14-16-7-5-10-18(13-16)25-20(26)17-8-3-2-4-9-17/h5,7,10,13,17,19H,2-4,6,8-9,11-12,14-15H2,1H3,(H,25,26)(H2,22,23,24). The lowest BCUT2D eigenvalue weighted by Crippen LogP contribution is -2.39. The molecule has 3 N–H and O–H groups in total. The largest absolute Gasteiger partial charge is 0.355 e. The maximum atomic E-state index is 12.4. The number of carbonyl (C=O) groups excluding carboxylic acids is 1. The van der Waals surface area contributed by atoms with Crippen molar-refractivity contribution in [3.8, 4) is 0 Å². The summed E-state index contributed by atoms with van der Waals surface area (Å²) in [7, 11) is 1.80. The molecule has 2 aliphatic rings. The molecule has 1 aliphatic heterocycles. The van der Waals surface area contributed by atoms with Gasteiger partial charge in [0.05, 0.1) is 0 Å². The molecule has 6 heteroatoms. The van der Waals surface area contributed by atoms with Crippen LogP contribution >= 0.6 is 11.8 Å². The van der Waals surface area contributed by atoms with Crippen LogP contribution in [0.3, 0.4) is 0 Å². The monoisotopic (exact) mass is 388 g/mol. The third kappa shape index (κ3) is 6.45. The molecule has 1 aliphatic carbocycles. The molecular weight excluding hydrogens is 356 g/mol. The van der Waals surface area contributed by atoms with Gasteiger partial charge in [-0.15, -0.1) is 0 Å². The molecule has 1 aromatic carbocycles. The number of guanidine groups is 1. The smallest absolute Gasteiger partial charge is 0.227 e. The first-order chi connectivity index (χ1) is 13.2. The van der Waals surface area contributed by atoms with Crippen molar-refractivity contribution in [1.82, 2.24) is 10.6 Å². The summed E-state index contributed by atoms with van der Waals surface area (Å²) in [6.45, 7) is 1.65. The number of aliphatic imine (C=N–C) groups is 1. The fraction of sp³-hybridized carbons (Fsp3) is 0.619. The molecule has 27 heavy (non-hydrogen) atoms. The minimum atomic E-state index is 0.173. The van der Waals surface area contributed by atoms with E-state index < -0.39 is 0 Å². The molecule has 1 amide bonds. The third-order valence-corrected chi connectivity index (χ3v) is 6.77. The second kappa shape index (κ2) is 10.6. The lowest BCUT2D eigenvalue weighted by Gasteiger charge is -2.21. The summed E-state index contributed by atoms with van der Waals surface area (Å²) in [5, 5.41) is 10.6. The Balaban J connectivity index is 1.46. The number of benzene rings is 1. The van der Waals surface area contributed by atoms with Crippen molar-refractivity contribution in [3.63, 3.8) is 0 Å². The van der Waals surface area contributed by atoms with Gasteiger partial charge in [-0.25, -0.2) is 0 Å². The topological polar surface area (TPSA) is 65.5 Å². The molecular formula is C21H32N4OS. The Morgan fingerprint density at radius 2 is 2.00 bits per heavy atom. The molecule has 1 saturated carbocycles. The summed E-state index contributed by atoms with van der Waals surface area (Å²) in [5.41, 5.74) is 2.02. The van der Waals surface area contributed by atoms with E-state index in [2.05, 4.69) is 27.0 Å². The highest BCUT2D eigenvalue weighted by Gasteiger charge is 2.21. The molecule has 1 heterocycles. The van der Waals surface area contributed by atoms with Crippen LogP contribution in [-0.4, -0.2) is 36.5 Å². The van der Waals surface area contributed by atoms with Crippen molar-refractivity contribution >= 4 is 29.3 Å². The van der Waals surface area contributed by atoms with E-state index in [-0.39, 0.29) is 11.8 Å². The van der Waals surface area contributed by atoms with Gasteiger partial charge in [0.1, 0.15) is 0 Å². The first-order valence-electron chi connectivity index (χ1n) is 10.2. The SMILES string of the molecule is CN=C(NCc1cccc(NC(=O)C2CCCCC2)c1)NCC1CCCS1. The van der Waals surface area contributed by atoms with Gasteiger partial charge in [-0.2, -0.15) is 11.8 Å². The zero-order valence-corrected chi connectivity index (χ0v) is 17.1. The van der Waals surface area contributed by atoms with E-state index in [9.17, 15) is 4.79 Å². The molecule has 0 aromatic heterocycles. The Kier molecular flexibility index (Phi) is 7.87. The second-order valence-corrected chi connectivity index (χ2v) is 8.87. The van der Waals surface area contributed by atoms with Gasteiger partial charge >= 0.3 is 0 Å². The van der Waals surface area contributed by atoms with Crippen LogP contribution in [0.4, 0.5) is 5.69 Å². The number of amides is 1. The second-order valence-electron chi connectivity index (χ2n) is 7.47. The van der Waals surface area contributed by atoms with Crippen molar-refractivity contribution < 1.29 is 4.79 Å². The number of hydrogen-bond acceptors (Lipinski definition) is 3. The van der Waals surface area contributed by atoms with Gasteiger partial charge < -0.3 is 16.0 Å². The van der Waals surface area contributed by atoms with Crippen molar-refractivity contribution in [2.45, 2.75) is 56.7 Å². The van der Waals surface area contributed by atoms with E-state index in [4.69, 9.17) is 0 Å². The highest BCUT2D eigenvalue weighted by molar-refractivity contribution is 8.00. The molecule has 1 aromatic rings. The summed E-state index contributed by atoms with van der Waals surface area (Å²) in [6, 6.07) is 8.09. The Labute approximate surface area is 167 Å². The number of nitrogens with zero attached hydrogens (tertiary/aromatic N) is 1. The summed E-state index contributed by atoms with van der Waals surface area (Å²) in [5.74, 6) is 2.46. The van der Waals surface area contributed by atoms with Gasteiger partial charge in [-0.1, -0.05) is 31.4 Å². The molecule has 0 radical (unpaired) electrons. The first-order valence-corrected chi connectivity index (χ1v) is 11.3. The fourth-order valence-corrected chi connectivity index (χ4v) is 4.99. The predicted molar refractivity (Wildman–Crippen MR) is 115 cm³/mol. The van der Waals surface area contributed by atoms with Crippen molar-refractivity contribution in [2.24, 2.45) is 10.9 Å². The van der Waals surface area contributed by atoms with Crippen molar-refractivity contribution in [3.05, 3.63) is 29.8 Å². The van der Waals surface area contributed by atoms with Crippen molar-refractivity contribution in [2.75, 3.05) is 24.7 Å². The molecule has 1 atom stereocenters. The van der Waals surface area contributed by atoms with Crippen LogP contribution in [0.15, 0.2) is 29.3 Å². The van der Waals surface area contributed by atoms with Gasteiger partial charge in [0.15, 0.2) is 5.96 Å². The lowest BCUT2D eigenvalue weighted by molar-refractivity contribution is -0.120. The van der Waals surface area contributed by atoms with E-state index in [1.807, 2.05) is 30.0 Å². The van der Waals surface area contributed by atoms with E-state index >= 15 is 0 Å². The summed E-state index contributed by atoms with van der Waals surface area (Å²) < 4.78 is 0. The van der Waals surface area contributed by atoms with Crippen LogP contribution in [-0.2, 0) is 11.3 Å². The lowest BCUT2D eigenvalue weighted by atomic mass is 9.88. The van der Waals surface area contributed by atoms with Crippen LogP contribution in [0.5, 0.6) is 0 Å². The Morgan fingerprint density at radius 3 is 2.74 bits per heavy atom. The number of thioether (sulfide) groups is 1. The number of carbonyl (C=O) groups is 1. The summed E-state index contributed by atoms with van der Waals surface area (Å²) >= 11 is 2.04. The number of nitrogens with one attached hydrogen (secondary N) is 3. The van der Waals surface area contributed by atoms with Crippen LogP contribution in [0.25, 0.3) is 0 Å². The molecule has 0 spiro atoms. The van der Waals surface area contributed by atoms with Gasteiger partial charge in [-0.05, 0) is 49.1 Å². The Bertz CT molecular complexity index is 637. The Morgan fingerprint density at radius 1 is 1.15 bits per heavy atom. The quantitative estimate of drug-likeness (QED) is 0.513. The molecule has 1 saturated heterocycles. The molecule has 0 bridgehead atoms. The maximum Gasteiger partial charge on any atom is 0.227 e. The predicted octanol–water partition coefficient (Wildman–Crippen LogP) is 3.77. The summed E-state index contributed by atoms with van der Waals surface area (Å²) in [6.07, 6.45) is 8.27. The molecule has 3 rings (SSSR count).